The van der Waals surface area contributed by atoms with Gasteiger partial charge in [0.1, 0.15) is 5.69 Å². The molecule has 5 heteroatoms. The quantitative estimate of drug-likeness (QED) is 0.771. The van der Waals surface area contributed by atoms with E-state index in [-0.39, 0.29) is 17.9 Å². The van der Waals surface area contributed by atoms with Gasteiger partial charge in [-0.1, -0.05) is 19.1 Å². The molecular weight excluding hydrogens is 350 g/mol. The molecule has 1 fully saturated rings. The number of hydrogen-bond acceptors (Lipinski definition) is 3. The number of rotatable bonds is 5. The normalized spacial score (nSPS) is 16.7. The van der Waals surface area contributed by atoms with Crippen molar-refractivity contribution in [1.82, 2.24) is 9.88 Å². The topological polar surface area (TPSA) is 53.5 Å². The minimum absolute atomic E-state index is 0.0696. The van der Waals surface area contributed by atoms with E-state index in [0.29, 0.717) is 17.8 Å². The second kappa shape index (κ2) is 9.00. The van der Waals surface area contributed by atoms with E-state index in [1.165, 1.54) is 0 Å². The van der Waals surface area contributed by atoms with Crippen LogP contribution in [0.3, 0.4) is 0 Å². The number of piperidine rings is 1. The lowest BCUT2D eigenvalue weighted by Crippen LogP contribution is -2.43. The molecule has 2 heterocycles. The first-order valence-electron chi connectivity index (χ1n) is 10.2. The molecule has 148 valence electrons. The fraction of sp³-hybridized carbons (Fsp3) is 0.435. The molecule has 0 saturated carbocycles. The largest absolute Gasteiger partial charge is 0.334 e. The van der Waals surface area contributed by atoms with Crippen molar-refractivity contribution in [3.05, 3.63) is 59.4 Å². The Kier molecular flexibility index (Phi) is 6.45. The molecule has 0 N–H and O–H groups in total. The minimum atomic E-state index is -0.116. The Bertz CT molecular complexity index is 849. The number of likely N-dealkylation sites (tertiary alicyclic amines) is 1. The monoisotopic (exact) mass is 379 g/mol. The number of benzene rings is 1. The van der Waals surface area contributed by atoms with E-state index >= 15 is 0 Å². The van der Waals surface area contributed by atoms with E-state index in [1.54, 1.807) is 23.2 Å². The number of nitrogens with zero attached hydrogens (tertiary/aromatic N) is 3. The van der Waals surface area contributed by atoms with Gasteiger partial charge in [-0.2, -0.15) is 0 Å². The molecule has 1 unspecified atom stereocenters. The van der Waals surface area contributed by atoms with Gasteiger partial charge in [-0.3, -0.25) is 14.6 Å². The molecule has 1 atom stereocenters. The van der Waals surface area contributed by atoms with E-state index < -0.39 is 0 Å². The average molecular weight is 380 g/mol. The number of amides is 2. The lowest BCUT2D eigenvalue weighted by molar-refractivity contribution is 0.0602. The summed E-state index contributed by atoms with van der Waals surface area (Å²) in [5.74, 6) is -0.185. The Morgan fingerprint density at radius 3 is 2.71 bits per heavy atom. The predicted molar refractivity (Wildman–Crippen MR) is 112 cm³/mol. The van der Waals surface area contributed by atoms with Crippen molar-refractivity contribution in [3.8, 4) is 0 Å². The van der Waals surface area contributed by atoms with Crippen molar-refractivity contribution in [2.75, 3.05) is 18.0 Å². The molecule has 1 aromatic carbocycles. The van der Waals surface area contributed by atoms with Crippen molar-refractivity contribution in [1.29, 1.82) is 0 Å². The van der Waals surface area contributed by atoms with E-state index in [0.717, 1.165) is 43.5 Å². The molecule has 0 bridgehead atoms. The summed E-state index contributed by atoms with van der Waals surface area (Å²) < 4.78 is 0. The summed E-state index contributed by atoms with van der Waals surface area (Å²) in [4.78, 5) is 34.1. The Morgan fingerprint density at radius 2 is 2.00 bits per heavy atom. The van der Waals surface area contributed by atoms with Crippen LogP contribution in [0.2, 0.25) is 0 Å². The molecule has 1 aliphatic heterocycles. The third-order valence-electron chi connectivity index (χ3n) is 5.46. The zero-order valence-corrected chi connectivity index (χ0v) is 17.0. The Morgan fingerprint density at radius 1 is 1.18 bits per heavy atom. The lowest BCUT2D eigenvalue weighted by atomic mass is 9.99. The van der Waals surface area contributed by atoms with Crippen molar-refractivity contribution in [3.63, 3.8) is 0 Å². The fourth-order valence-corrected chi connectivity index (χ4v) is 3.92. The molecule has 5 nitrogen and oxygen atoms in total. The van der Waals surface area contributed by atoms with Gasteiger partial charge in [-0.05, 0) is 69.4 Å². The van der Waals surface area contributed by atoms with Crippen LogP contribution in [0.25, 0.3) is 0 Å². The summed E-state index contributed by atoms with van der Waals surface area (Å²) in [6.07, 6.45) is 5.74. The maximum Gasteiger partial charge on any atom is 0.272 e. The van der Waals surface area contributed by atoms with Gasteiger partial charge in [0.15, 0.2) is 0 Å². The molecule has 1 saturated heterocycles. The molecule has 2 aromatic rings. The standard InChI is InChI=1S/C23H29N3O2/c1-4-19-10-6-7-14-26(19)23(28)21-16-18(12-13-24-21)22(27)25(5-2)20-11-8-9-17(3)15-20/h8-9,11-13,15-16,19H,4-7,10,14H2,1-3H3. The first-order chi connectivity index (χ1) is 13.5. The maximum atomic E-state index is 13.1. The molecule has 1 aliphatic rings. The molecule has 2 amide bonds. The SMILES string of the molecule is CCC1CCCCN1C(=O)c1cc(C(=O)N(CC)c2cccc(C)c2)ccn1. The van der Waals surface area contributed by atoms with Crippen LogP contribution in [0.4, 0.5) is 5.69 Å². The zero-order chi connectivity index (χ0) is 20.1. The van der Waals surface area contributed by atoms with E-state index in [9.17, 15) is 9.59 Å². The highest BCUT2D eigenvalue weighted by atomic mass is 16.2. The Hall–Kier alpha value is -2.69. The van der Waals surface area contributed by atoms with Crippen molar-refractivity contribution in [2.24, 2.45) is 0 Å². The second-order valence-corrected chi connectivity index (χ2v) is 7.37. The van der Waals surface area contributed by atoms with E-state index in [4.69, 9.17) is 0 Å². The van der Waals surface area contributed by atoms with Crippen LogP contribution in [0.5, 0.6) is 0 Å². The van der Waals surface area contributed by atoms with Crippen LogP contribution < -0.4 is 4.90 Å². The molecule has 0 aliphatic carbocycles. The maximum absolute atomic E-state index is 13.1. The highest BCUT2D eigenvalue weighted by Crippen LogP contribution is 2.22. The summed E-state index contributed by atoms with van der Waals surface area (Å²) >= 11 is 0. The molecule has 28 heavy (non-hydrogen) atoms. The summed E-state index contributed by atoms with van der Waals surface area (Å²) in [5, 5.41) is 0. The first kappa shape index (κ1) is 20.1. The molecule has 3 rings (SSSR count). The number of carbonyl (C=O) groups excluding carboxylic acids is 2. The highest BCUT2D eigenvalue weighted by Gasteiger charge is 2.27. The van der Waals surface area contributed by atoms with Gasteiger partial charge in [-0.25, -0.2) is 0 Å². The zero-order valence-electron chi connectivity index (χ0n) is 17.0. The van der Waals surface area contributed by atoms with E-state index in [2.05, 4.69) is 11.9 Å². The smallest absolute Gasteiger partial charge is 0.272 e. The fourth-order valence-electron chi connectivity index (χ4n) is 3.92. The number of pyridine rings is 1. The van der Waals surface area contributed by atoms with Crippen LogP contribution >= 0.6 is 0 Å². The summed E-state index contributed by atoms with van der Waals surface area (Å²) in [5.41, 5.74) is 2.81. The predicted octanol–water partition coefficient (Wildman–Crippen LogP) is 4.46. The number of aromatic nitrogens is 1. The first-order valence-corrected chi connectivity index (χ1v) is 10.2. The molecule has 0 radical (unpaired) electrons. The van der Waals surface area contributed by atoms with Gasteiger partial charge < -0.3 is 9.80 Å². The van der Waals surface area contributed by atoms with Gasteiger partial charge in [0, 0.05) is 36.6 Å². The number of carbonyl (C=O) groups is 2. The van der Waals surface area contributed by atoms with Crippen molar-refractivity contribution < 1.29 is 9.59 Å². The average Bonchev–Trinajstić information content (AvgIpc) is 2.73. The van der Waals surface area contributed by atoms with Gasteiger partial charge in [0.2, 0.25) is 0 Å². The van der Waals surface area contributed by atoms with Gasteiger partial charge in [0.25, 0.3) is 11.8 Å². The third-order valence-corrected chi connectivity index (χ3v) is 5.46. The molecule has 1 aromatic heterocycles. The second-order valence-electron chi connectivity index (χ2n) is 7.37. The number of anilines is 1. The van der Waals surface area contributed by atoms with Gasteiger partial charge in [-0.15, -0.1) is 0 Å². The van der Waals surface area contributed by atoms with Crippen LogP contribution in [-0.4, -0.2) is 40.8 Å². The van der Waals surface area contributed by atoms with Crippen LogP contribution in [0.15, 0.2) is 42.6 Å². The molecule has 0 spiro atoms. The van der Waals surface area contributed by atoms with Gasteiger partial charge in [0.05, 0.1) is 0 Å². The van der Waals surface area contributed by atoms with Crippen LogP contribution in [-0.2, 0) is 0 Å². The van der Waals surface area contributed by atoms with Crippen molar-refractivity contribution in [2.45, 2.75) is 52.5 Å². The third kappa shape index (κ3) is 4.24. The minimum Gasteiger partial charge on any atom is -0.334 e. The summed E-state index contributed by atoms with van der Waals surface area (Å²) in [6.45, 7) is 7.39. The molecular formula is C23H29N3O2. The van der Waals surface area contributed by atoms with Gasteiger partial charge >= 0.3 is 0 Å². The number of aryl methyl sites for hydroxylation is 1. The summed E-state index contributed by atoms with van der Waals surface area (Å²) in [7, 11) is 0. The van der Waals surface area contributed by atoms with E-state index in [1.807, 2.05) is 43.0 Å². The van der Waals surface area contributed by atoms with Crippen molar-refractivity contribution >= 4 is 17.5 Å². The Labute approximate surface area is 167 Å². The lowest BCUT2D eigenvalue weighted by Gasteiger charge is -2.35. The Balaban J connectivity index is 1.85. The highest BCUT2D eigenvalue weighted by molar-refractivity contribution is 6.07. The van der Waals surface area contributed by atoms with Crippen LogP contribution in [0, 0.1) is 6.92 Å². The summed E-state index contributed by atoms with van der Waals surface area (Å²) in [6, 6.07) is 11.5. The number of hydrogen-bond donors (Lipinski definition) is 0. The van der Waals surface area contributed by atoms with Crippen LogP contribution in [0.1, 0.15) is 65.9 Å².